The van der Waals surface area contributed by atoms with Crippen molar-refractivity contribution >= 4 is 41.5 Å². The molecule has 5 nitrogen and oxygen atoms in total. The zero-order valence-electron chi connectivity index (χ0n) is 15.3. The number of nitrogens with one attached hydrogen (secondary N) is 1. The summed E-state index contributed by atoms with van der Waals surface area (Å²) in [5.41, 5.74) is 1.09. The van der Waals surface area contributed by atoms with Crippen LogP contribution >= 0.6 is 35.6 Å². The number of rotatable bonds is 7. The first-order valence-electron chi connectivity index (χ1n) is 8.52. The van der Waals surface area contributed by atoms with Crippen LogP contribution in [0.2, 0.25) is 5.02 Å². The van der Waals surface area contributed by atoms with Crippen LogP contribution in [-0.2, 0) is 11.2 Å². The number of aliphatic imine (C=N–C) groups is 1. The normalized spacial score (nSPS) is 17.4. The molecule has 142 valence electrons. The molecule has 0 bridgehead atoms. The van der Waals surface area contributed by atoms with Gasteiger partial charge in [-0.05, 0) is 37.5 Å². The highest BCUT2D eigenvalue weighted by Gasteiger charge is 2.24. The first-order valence-corrected chi connectivity index (χ1v) is 8.90. The smallest absolute Gasteiger partial charge is 0.193 e. The van der Waals surface area contributed by atoms with E-state index in [9.17, 15) is 0 Å². The molecule has 2 rings (SSSR count). The third-order valence-electron chi connectivity index (χ3n) is 4.23. The van der Waals surface area contributed by atoms with Gasteiger partial charge in [0.1, 0.15) is 5.75 Å². The van der Waals surface area contributed by atoms with Gasteiger partial charge in [-0.1, -0.05) is 17.7 Å². The predicted octanol–water partition coefficient (Wildman–Crippen LogP) is 3.44. The first-order chi connectivity index (χ1) is 11.7. The first kappa shape index (κ1) is 22.3. The number of benzene rings is 1. The van der Waals surface area contributed by atoms with Crippen molar-refractivity contribution in [1.82, 2.24) is 10.2 Å². The average Bonchev–Trinajstić information content (AvgIpc) is 3.04. The van der Waals surface area contributed by atoms with Gasteiger partial charge < -0.3 is 19.7 Å². The van der Waals surface area contributed by atoms with Gasteiger partial charge >= 0.3 is 0 Å². The van der Waals surface area contributed by atoms with E-state index in [0.717, 1.165) is 61.4 Å². The highest BCUT2D eigenvalue weighted by Crippen LogP contribution is 2.23. The van der Waals surface area contributed by atoms with E-state index in [0.29, 0.717) is 12.5 Å². The molecule has 1 saturated heterocycles. The summed E-state index contributed by atoms with van der Waals surface area (Å²) in [6, 6.07) is 5.79. The van der Waals surface area contributed by atoms with Crippen molar-refractivity contribution in [1.29, 1.82) is 0 Å². The quantitative estimate of drug-likeness (QED) is 0.368. The van der Waals surface area contributed by atoms with Crippen molar-refractivity contribution in [3.63, 3.8) is 0 Å². The van der Waals surface area contributed by atoms with Gasteiger partial charge in [-0.15, -0.1) is 24.0 Å². The molecule has 0 aromatic heterocycles. The summed E-state index contributed by atoms with van der Waals surface area (Å²) in [5, 5.41) is 4.12. The molecule has 1 N–H and O–H groups in total. The molecule has 1 aliphatic heterocycles. The van der Waals surface area contributed by atoms with Gasteiger partial charge in [0, 0.05) is 44.2 Å². The Morgan fingerprint density at radius 1 is 1.40 bits per heavy atom. The average molecular weight is 482 g/mol. The van der Waals surface area contributed by atoms with Crippen LogP contribution < -0.4 is 10.1 Å². The minimum atomic E-state index is 0. The van der Waals surface area contributed by atoms with Crippen LogP contribution in [0.15, 0.2) is 23.2 Å². The molecule has 0 saturated carbocycles. The molecule has 0 aliphatic carbocycles. The lowest BCUT2D eigenvalue weighted by atomic mass is 10.1. The molecular weight excluding hydrogens is 453 g/mol. The Morgan fingerprint density at radius 2 is 2.20 bits per heavy atom. The number of hydrogen-bond acceptors (Lipinski definition) is 3. The zero-order valence-corrected chi connectivity index (χ0v) is 18.3. The second-order valence-corrected chi connectivity index (χ2v) is 6.41. The summed E-state index contributed by atoms with van der Waals surface area (Å²) in [6.07, 6.45) is 1.97. The topological polar surface area (TPSA) is 46.1 Å². The number of halogens is 2. The van der Waals surface area contributed by atoms with E-state index in [1.807, 2.05) is 18.2 Å². The molecule has 1 atom stereocenters. The monoisotopic (exact) mass is 481 g/mol. The van der Waals surface area contributed by atoms with Crippen LogP contribution in [0.3, 0.4) is 0 Å². The number of likely N-dealkylation sites (tertiary alicyclic amines) is 1. The van der Waals surface area contributed by atoms with Crippen molar-refractivity contribution in [2.75, 3.05) is 47.0 Å². The Hall–Kier alpha value is -0.730. The van der Waals surface area contributed by atoms with Gasteiger partial charge in [0.15, 0.2) is 5.96 Å². The lowest BCUT2D eigenvalue weighted by Gasteiger charge is -2.21. The minimum absolute atomic E-state index is 0. The van der Waals surface area contributed by atoms with Crippen molar-refractivity contribution in [3.8, 4) is 5.75 Å². The molecule has 1 unspecified atom stereocenters. The summed E-state index contributed by atoms with van der Waals surface area (Å²) in [6.45, 7) is 6.52. The number of methoxy groups -OCH3 is 2. The van der Waals surface area contributed by atoms with Gasteiger partial charge in [0.2, 0.25) is 0 Å². The molecule has 0 spiro atoms. The maximum Gasteiger partial charge on any atom is 0.193 e. The molecule has 0 radical (unpaired) electrons. The number of ether oxygens (including phenoxy) is 2. The molecule has 1 aliphatic rings. The Bertz CT molecular complexity index is 557. The fourth-order valence-corrected chi connectivity index (χ4v) is 3.23. The van der Waals surface area contributed by atoms with Crippen LogP contribution in [0.1, 0.15) is 18.9 Å². The van der Waals surface area contributed by atoms with E-state index in [2.05, 4.69) is 17.1 Å². The van der Waals surface area contributed by atoms with E-state index >= 15 is 0 Å². The molecule has 1 fully saturated rings. The van der Waals surface area contributed by atoms with E-state index in [1.54, 1.807) is 14.2 Å². The largest absolute Gasteiger partial charge is 0.497 e. The van der Waals surface area contributed by atoms with E-state index in [1.165, 1.54) is 0 Å². The molecule has 0 amide bonds. The molecule has 1 aromatic rings. The Kier molecular flexibility index (Phi) is 10.5. The molecular formula is C18H29ClIN3O2. The standard InChI is InChI=1S/C18H28ClN3O2.HI/c1-4-20-18(22-10-8-14(12-22)13-23-2)21-9-7-15-5-6-16(24-3)11-17(15)19;/h5-6,11,14H,4,7-10,12-13H2,1-3H3,(H,20,21);1H. The fraction of sp³-hybridized carbons (Fsp3) is 0.611. The maximum atomic E-state index is 6.30. The van der Waals surface area contributed by atoms with Crippen LogP contribution in [0.5, 0.6) is 5.75 Å². The Morgan fingerprint density at radius 3 is 2.84 bits per heavy atom. The summed E-state index contributed by atoms with van der Waals surface area (Å²) >= 11 is 6.30. The second kappa shape index (κ2) is 11.8. The van der Waals surface area contributed by atoms with Gasteiger partial charge in [-0.25, -0.2) is 0 Å². The number of guanidine groups is 1. The third kappa shape index (κ3) is 6.83. The predicted molar refractivity (Wildman–Crippen MR) is 115 cm³/mol. The Labute approximate surface area is 173 Å². The van der Waals surface area contributed by atoms with Crippen LogP contribution in [0.4, 0.5) is 0 Å². The van der Waals surface area contributed by atoms with Crippen LogP contribution in [0, 0.1) is 5.92 Å². The van der Waals surface area contributed by atoms with Crippen molar-refractivity contribution in [2.24, 2.45) is 10.9 Å². The summed E-state index contributed by atoms with van der Waals surface area (Å²) in [5.74, 6) is 2.36. The van der Waals surface area contributed by atoms with E-state index < -0.39 is 0 Å². The molecule has 25 heavy (non-hydrogen) atoms. The van der Waals surface area contributed by atoms with Gasteiger partial charge in [-0.2, -0.15) is 0 Å². The van der Waals surface area contributed by atoms with E-state index in [4.69, 9.17) is 26.1 Å². The van der Waals surface area contributed by atoms with Crippen LogP contribution in [-0.4, -0.2) is 57.9 Å². The third-order valence-corrected chi connectivity index (χ3v) is 4.58. The van der Waals surface area contributed by atoms with Gasteiger partial charge in [-0.3, -0.25) is 4.99 Å². The molecule has 1 aromatic carbocycles. The van der Waals surface area contributed by atoms with Crippen molar-refractivity contribution in [2.45, 2.75) is 19.8 Å². The summed E-state index contributed by atoms with van der Waals surface area (Å²) in [7, 11) is 3.41. The number of hydrogen-bond donors (Lipinski definition) is 1. The van der Waals surface area contributed by atoms with E-state index in [-0.39, 0.29) is 24.0 Å². The lowest BCUT2D eigenvalue weighted by molar-refractivity contribution is 0.157. The molecule has 1 heterocycles. The zero-order chi connectivity index (χ0) is 17.4. The minimum Gasteiger partial charge on any atom is -0.497 e. The van der Waals surface area contributed by atoms with Gasteiger partial charge in [0.05, 0.1) is 13.7 Å². The van der Waals surface area contributed by atoms with Gasteiger partial charge in [0.25, 0.3) is 0 Å². The number of nitrogens with zero attached hydrogens (tertiary/aromatic N) is 2. The summed E-state index contributed by atoms with van der Waals surface area (Å²) in [4.78, 5) is 7.09. The lowest BCUT2D eigenvalue weighted by Crippen LogP contribution is -2.40. The molecule has 7 heteroatoms. The SMILES string of the molecule is CCNC(=NCCc1ccc(OC)cc1Cl)N1CCC(COC)C1.I. The maximum absolute atomic E-state index is 6.30. The van der Waals surface area contributed by atoms with Crippen molar-refractivity contribution < 1.29 is 9.47 Å². The fourth-order valence-electron chi connectivity index (χ4n) is 2.96. The summed E-state index contributed by atoms with van der Waals surface area (Å²) < 4.78 is 10.5. The highest BCUT2D eigenvalue weighted by atomic mass is 127. The van der Waals surface area contributed by atoms with Crippen molar-refractivity contribution in [3.05, 3.63) is 28.8 Å². The highest BCUT2D eigenvalue weighted by molar-refractivity contribution is 14.0. The second-order valence-electron chi connectivity index (χ2n) is 6.00. The Balaban J connectivity index is 0.00000312. The van der Waals surface area contributed by atoms with Crippen LogP contribution in [0.25, 0.3) is 0 Å².